The summed E-state index contributed by atoms with van der Waals surface area (Å²) in [4.78, 5) is 21.7. The molecule has 1 N–H and O–H groups in total. The summed E-state index contributed by atoms with van der Waals surface area (Å²) in [5.74, 6) is 0.00949. The van der Waals surface area contributed by atoms with Crippen LogP contribution in [0.2, 0.25) is 0 Å². The van der Waals surface area contributed by atoms with Crippen LogP contribution in [0.15, 0.2) is 48.5 Å². The van der Waals surface area contributed by atoms with Gasteiger partial charge in [0.15, 0.2) is 5.78 Å². The molecule has 0 radical (unpaired) electrons. The van der Waals surface area contributed by atoms with Gasteiger partial charge in [0, 0.05) is 29.4 Å². The molecule has 0 saturated carbocycles. The minimum atomic E-state index is -0.393. The fraction of sp³-hybridized carbons (Fsp3) is 0.133. The zero-order chi connectivity index (χ0) is 14.5. The number of hydrogen-bond acceptors (Lipinski definition) is 4. The van der Waals surface area contributed by atoms with Crippen molar-refractivity contribution >= 4 is 17.2 Å². The Morgan fingerprint density at radius 2 is 1.80 bits per heavy atom. The number of ketones is 1. The highest BCUT2D eigenvalue weighted by molar-refractivity contribution is 5.94. The maximum atomic E-state index is 11.2. The van der Waals surface area contributed by atoms with E-state index in [1.165, 1.54) is 13.0 Å². The van der Waals surface area contributed by atoms with Crippen molar-refractivity contribution < 1.29 is 9.72 Å². The molecule has 0 aliphatic carbocycles. The van der Waals surface area contributed by atoms with Crippen molar-refractivity contribution in [3.05, 3.63) is 69.8 Å². The van der Waals surface area contributed by atoms with E-state index in [2.05, 4.69) is 5.32 Å². The smallest absolute Gasteiger partial charge is 0.274 e. The summed E-state index contributed by atoms with van der Waals surface area (Å²) in [7, 11) is 0. The van der Waals surface area contributed by atoms with E-state index in [1.54, 1.807) is 42.5 Å². The minimum Gasteiger partial charge on any atom is -0.381 e. The first kappa shape index (κ1) is 13.7. The number of hydrogen-bond donors (Lipinski definition) is 1. The molecule has 0 aromatic heterocycles. The van der Waals surface area contributed by atoms with E-state index in [0.29, 0.717) is 17.7 Å². The van der Waals surface area contributed by atoms with Crippen LogP contribution in [0.3, 0.4) is 0 Å². The van der Waals surface area contributed by atoms with E-state index in [1.807, 2.05) is 0 Å². The van der Waals surface area contributed by atoms with Gasteiger partial charge in [-0.15, -0.1) is 0 Å². The molecule has 20 heavy (non-hydrogen) atoms. The van der Waals surface area contributed by atoms with Crippen LogP contribution in [0.1, 0.15) is 22.8 Å². The van der Waals surface area contributed by atoms with Crippen LogP contribution in [-0.2, 0) is 6.54 Å². The second kappa shape index (κ2) is 5.97. The highest BCUT2D eigenvalue weighted by Crippen LogP contribution is 2.19. The maximum Gasteiger partial charge on any atom is 0.274 e. The number of nitrogens with zero attached hydrogens (tertiary/aromatic N) is 1. The van der Waals surface area contributed by atoms with Crippen LogP contribution in [0.5, 0.6) is 0 Å². The number of nitro benzene ring substituents is 1. The third kappa shape index (κ3) is 3.20. The van der Waals surface area contributed by atoms with E-state index in [4.69, 9.17) is 0 Å². The molecule has 2 aromatic carbocycles. The van der Waals surface area contributed by atoms with E-state index >= 15 is 0 Å². The lowest BCUT2D eigenvalue weighted by Gasteiger charge is -2.07. The molecular formula is C15H14N2O3. The molecule has 102 valence electrons. The monoisotopic (exact) mass is 270 g/mol. The second-order valence-corrected chi connectivity index (χ2v) is 4.37. The fourth-order valence-corrected chi connectivity index (χ4v) is 1.86. The molecule has 0 heterocycles. The molecule has 0 bridgehead atoms. The summed E-state index contributed by atoms with van der Waals surface area (Å²) >= 11 is 0. The average molecular weight is 270 g/mol. The van der Waals surface area contributed by atoms with Crippen molar-refractivity contribution in [3.8, 4) is 0 Å². The predicted molar refractivity (Wildman–Crippen MR) is 76.9 cm³/mol. The molecule has 5 nitrogen and oxygen atoms in total. The lowest BCUT2D eigenvalue weighted by Crippen LogP contribution is -2.03. The van der Waals surface area contributed by atoms with Gasteiger partial charge in [0.05, 0.1) is 4.92 Å². The van der Waals surface area contributed by atoms with Gasteiger partial charge < -0.3 is 5.32 Å². The molecule has 0 saturated heterocycles. The summed E-state index contributed by atoms with van der Waals surface area (Å²) in [6.45, 7) is 1.87. The first-order valence-corrected chi connectivity index (χ1v) is 6.15. The Hall–Kier alpha value is -2.69. The highest BCUT2D eigenvalue weighted by Gasteiger charge is 2.11. The van der Waals surface area contributed by atoms with Crippen LogP contribution >= 0.6 is 0 Å². The van der Waals surface area contributed by atoms with Crippen LogP contribution in [-0.4, -0.2) is 10.7 Å². The number of benzene rings is 2. The zero-order valence-corrected chi connectivity index (χ0v) is 11.0. The molecule has 0 amide bonds. The number of Topliss-reactive ketones (excluding diaryl/α,β-unsaturated/α-hetero) is 1. The van der Waals surface area contributed by atoms with Gasteiger partial charge >= 0.3 is 0 Å². The SMILES string of the molecule is CC(=O)c1ccc(NCc2ccccc2[N+](=O)[O-])cc1. The molecule has 0 aliphatic rings. The van der Waals surface area contributed by atoms with Crippen LogP contribution in [0.4, 0.5) is 11.4 Å². The highest BCUT2D eigenvalue weighted by atomic mass is 16.6. The average Bonchev–Trinajstić information content (AvgIpc) is 2.45. The van der Waals surface area contributed by atoms with Crippen molar-refractivity contribution in [1.82, 2.24) is 0 Å². The van der Waals surface area contributed by atoms with E-state index in [9.17, 15) is 14.9 Å². The van der Waals surface area contributed by atoms with Gasteiger partial charge in [-0.3, -0.25) is 14.9 Å². The molecule has 0 spiro atoms. The summed E-state index contributed by atoms with van der Waals surface area (Å²) in [5, 5.41) is 14.0. The van der Waals surface area contributed by atoms with E-state index < -0.39 is 4.92 Å². The van der Waals surface area contributed by atoms with Crippen molar-refractivity contribution in [2.75, 3.05) is 5.32 Å². The lowest BCUT2D eigenvalue weighted by molar-refractivity contribution is -0.385. The van der Waals surface area contributed by atoms with Crippen molar-refractivity contribution in [2.24, 2.45) is 0 Å². The number of nitro groups is 1. The third-order valence-electron chi connectivity index (χ3n) is 2.96. The fourth-order valence-electron chi connectivity index (χ4n) is 1.86. The minimum absolute atomic E-state index is 0.00949. The van der Waals surface area contributed by atoms with Gasteiger partial charge in [0.2, 0.25) is 0 Å². The molecule has 0 aliphatic heterocycles. The molecule has 2 rings (SSSR count). The van der Waals surface area contributed by atoms with Crippen molar-refractivity contribution in [3.63, 3.8) is 0 Å². The number of carbonyl (C=O) groups excluding carboxylic acids is 1. The van der Waals surface area contributed by atoms with Gasteiger partial charge in [-0.05, 0) is 31.2 Å². The summed E-state index contributed by atoms with van der Waals surface area (Å²) in [5.41, 5.74) is 2.17. The number of rotatable bonds is 5. The van der Waals surface area contributed by atoms with E-state index in [0.717, 1.165) is 5.69 Å². The van der Waals surface area contributed by atoms with Gasteiger partial charge in [0.1, 0.15) is 0 Å². The van der Waals surface area contributed by atoms with Gasteiger partial charge in [0.25, 0.3) is 5.69 Å². The second-order valence-electron chi connectivity index (χ2n) is 4.37. The van der Waals surface area contributed by atoms with Gasteiger partial charge in [-0.25, -0.2) is 0 Å². The summed E-state index contributed by atoms with van der Waals surface area (Å²) < 4.78 is 0. The molecular weight excluding hydrogens is 256 g/mol. The molecule has 0 atom stereocenters. The van der Waals surface area contributed by atoms with Crippen LogP contribution < -0.4 is 5.32 Å². The van der Waals surface area contributed by atoms with E-state index in [-0.39, 0.29) is 11.5 Å². The van der Waals surface area contributed by atoms with Crippen molar-refractivity contribution in [2.45, 2.75) is 13.5 Å². The Kier molecular flexibility index (Phi) is 4.10. The summed E-state index contributed by atoms with van der Waals surface area (Å²) in [6.07, 6.45) is 0. The van der Waals surface area contributed by atoms with Crippen LogP contribution in [0, 0.1) is 10.1 Å². The zero-order valence-electron chi connectivity index (χ0n) is 11.0. The Labute approximate surface area is 116 Å². The normalized spacial score (nSPS) is 10.1. The largest absolute Gasteiger partial charge is 0.381 e. The number of para-hydroxylation sites is 1. The Morgan fingerprint density at radius 1 is 1.15 bits per heavy atom. The summed E-state index contributed by atoms with van der Waals surface area (Å²) in [6, 6.07) is 13.6. The standard InChI is InChI=1S/C15H14N2O3/c1-11(18)12-6-8-14(9-7-12)16-10-13-4-2-3-5-15(13)17(19)20/h2-9,16H,10H2,1H3. The quantitative estimate of drug-likeness (QED) is 0.513. The first-order chi connectivity index (χ1) is 9.58. The van der Waals surface area contributed by atoms with Crippen molar-refractivity contribution in [1.29, 1.82) is 0 Å². The van der Waals surface area contributed by atoms with Gasteiger partial charge in [-0.2, -0.15) is 0 Å². The third-order valence-corrected chi connectivity index (χ3v) is 2.96. The lowest BCUT2D eigenvalue weighted by atomic mass is 10.1. The van der Waals surface area contributed by atoms with Gasteiger partial charge in [-0.1, -0.05) is 18.2 Å². The Balaban J connectivity index is 2.09. The maximum absolute atomic E-state index is 11.2. The molecule has 0 unspecified atom stereocenters. The number of nitrogens with one attached hydrogen (secondary N) is 1. The molecule has 0 fully saturated rings. The first-order valence-electron chi connectivity index (χ1n) is 6.15. The molecule has 5 heteroatoms. The topological polar surface area (TPSA) is 72.2 Å². The van der Waals surface area contributed by atoms with Crippen LogP contribution in [0.25, 0.3) is 0 Å². The predicted octanol–water partition coefficient (Wildman–Crippen LogP) is 3.41. The number of anilines is 1. The Morgan fingerprint density at radius 3 is 2.40 bits per heavy atom. The molecule has 2 aromatic rings. The number of carbonyl (C=O) groups is 1. The Bertz CT molecular complexity index is 636.